The van der Waals surface area contributed by atoms with Gasteiger partial charge in [-0.2, -0.15) is 0 Å². The van der Waals surface area contributed by atoms with Crippen LogP contribution in [0.2, 0.25) is 0 Å². The zero-order valence-corrected chi connectivity index (χ0v) is 15.1. The molecule has 3 aromatic heterocycles. The summed E-state index contributed by atoms with van der Waals surface area (Å²) in [7, 11) is 0. The minimum absolute atomic E-state index is 0.458. The van der Waals surface area contributed by atoms with E-state index >= 15 is 0 Å². The van der Waals surface area contributed by atoms with Crippen molar-refractivity contribution in [2.24, 2.45) is 0 Å². The quantitative estimate of drug-likeness (QED) is 0.483. The van der Waals surface area contributed by atoms with Gasteiger partial charge in [0.05, 0.1) is 16.5 Å². The molecule has 7 nitrogen and oxygen atoms in total. The molecule has 3 heterocycles. The minimum atomic E-state index is 0.458. The van der Waals surface area contributed by atoms with Gasteiger partial charge >= 0.3 is 0 Å². The van der Waals surface area contributed by atoms with Crippen LogP contribution >= 0.6 is 23.1 Å². The number of nitrogens with zero attached hydrogens (tertiary/aromatic N) is 5. The molecular weight excluding hydrogens is 358 g/mol. The van der Waals surface area contributed by atoms with Crippen molar-refractivity contribution in [2.45, 2.75) is 24.8 Å². The van der Waals surface area contributed by atoms with E-state index < -0.39 is 0 Å². The molecule has 0 aliphatic heterocycles. The first-order valence-electron chi connectivity index (χ1n) is 7.47. The molecule has 0 aliphatic rings. The Morgan fingerprint density at radius 2 is 1.76 bits per heavy atom. The molecule has 25 heavy (non-hydrogen) atoms. The van der Waals surface area contributed by atoms with E-state index in [-0.39, 0.29) is 0 Å². The van der Waals surface area contributed by atoms with Crippen LogP contribution < -0.4 is 0 Å². The number of thiazole rings is 1. The zero-order valence-electron chi connectivity index (χ0n) is 13.5. The summed E-state index contributed by atoms with van der Waals surface area (Å²) in [6, 6.07) is 9.65. The molecule has 0 fully saturated rings. The van der Waals surface area contributed by atoms with Crippen LogP contribution in [0.5, 0.6) is 0 Å². The number of aromatic nitrogens is 5. The van der Waals surface area contributed by atoms with Crippen LogP contribution in [0, 0.1) is 13.8 Å². The first-order chi connectivity index (χ1) is 12.2. The van der Waals surface area contributed by atoms with E-state index in [4.69, 9.17) is 8.83 Å². The van der Waals surface area contributed by atoms with E-state index in [1.54, 1.807) is 0 Å². The van der Waals surface area contributed by atoms with Crippen LogP contribution in [0.15, 0.2) is 44.4 Å². The normalized spacial score (nSPS) is 11.1. The van der Waals surface area contributed by atoms with Crippen LogP contribution in [0.4, 0.5) is 0 Å². The number of benzene rings is 1. The highest BCUT2D eigenvalue weighted by Gasteiger charge is 2.16. The van der Waals surface area contributed by atoms with Gasteiger partial charge in [-0.25, -0.2) is 4.98 Å². The first kappa shape index (κ1) is 16.0. The lowest BCUT2D eigenvalue weighted by molar-refractivity contribution is 0.465. The molecule has 4 aromatic rings. The van der Waals surface area contributed by atoms with Crippen molar-refractivity contribution in [1.29, 1.82) is 0 Å². The van der Waals surface area contributed by atoms with Gasteiger partial charge in [0.15, 0.2) is 0 Å². The lowest BCUT2D eigenvalue weighted by atomic mass is 10.2. The van der Waals surface area contributed by atoms with Crippen LogP contribution in [0.1, 0.15) is 16.6 Å². The molecule has 0 bridgehead atoms. The second kappa shape index (κ2) is 6.77. The molecule has 0 amide bonds. The summed E-state index contributed by atoms with van der Waals surface area (Å²) >= 11 is 2.90. The van der Waals surface area contributed by atoms with Crippen LogP contribution in [0.3, 0.4) is 0 Å². The van der Waals surface area contributed by atoms with E-state index in [2.05, 4.69) is 25.4 Å². The Bertz CT molecular complexity index is 993. The highest BCUT2D eigenvalue weighted by atomic mass is 32.2. The van der Waals surface area contributed by atoms with Crippen LogP contribution in [0.25, 0.3) is 22.2 Å². The predicted octanol–water partition coefficient (Wildman–Crippen LogP) is 4.15. The average molecular weight is 371 g/mol. The summed E-state index contributed by atoms with van der Waals surface area (Å²) in [6.45, 7) is 3.88. The van der Waals surface area contributed by atoms with Gasteiger partial charge in [-0.1, -0.05) is 30.0 Å². The number of aryl methyl sites for hydroxylation is 2. The first-order valence-corrected chi connectivity index (χ1v) is 9.28. The standard InChI is InChI=1S/C16H13N5O2S2/c1-9-13(25-10(2)17-9)15-20-21-16(23-15)24-8-12-18-19-14(22-12)11-6-4-3-5-7-11/h3-7H,8H2,1-2H3. The van der Waals surface area contributed by atoms with E-state index in [0.29, 0.717) is 28.6 Å². The highest BCUT2D eigenvalue weighted by Crippen LogP contribution is 2.31. The Morgan fingerprint density at radius 3 is 2.52 bits per heavy atom. The maximum atomic E-state index is 5.70. The third kappa shape index (κ3) is 3.47. The Kier molecular flexibility index (Phi) is 4.33. The van der Waals surface area contributed by atoms with E-state index in [1.165, 1.54) is 23.1 Å². The SMILES string of the molecule is Cc1nc(C)c(-c2nnc(SCc3nnc(-c4ccccc4)o3)o2)s1. The summed E-state index contributed by atoms with van der Waals surface area (Å²) in [5, 5.41) is 17.7. The topological polar surface area (TPSA) is 90.7 Å². The fourth-order valence-electron chi connectivity index (χ4n) is 2.22. The number of rotatable bonds is 5. The fourth-order valence-corrected chi connectivity index (χ4v) is 3.66. The van der Waals surface area contributed by atoms with Crippen molar-refractivity contribution in [1.82, 2.24) is 25.4 Å². The predicted molar refractivity (Wildman–Crippen MR) is 94.2 cm³/mol. The minimum Gasteiger partial charge on any atom is -0.420 e. The van der Waals surface area contributed by atoms with Crippen molar-refractivity contribution in [2.75, 3.05) is 0 Å². The van der Waals surface area contributed by atoms with Crippen LogP contribution in [-0.4, -0.2) is 25.4 Å². The molecule has 1 aromatic carbocycles. The molecule has 0 aliphatic carbocycles. The number of thioether (sulfide) groups is 1. The molecule has 0 saturated heterocycles. The zero-order chi connectivity index (χ0) is 17.2. The molecule has 0 N–H and O–H groups in total. The van der Waals surface area contributed by atoms with Gasteiger partial charge in [-0.3, -0.25) is 0 Å². The molecule has 0 unspecified atom stereocenters. The molecule has 126 valence electrons. The molecule has 0 saturated carbocycles. The summed E-state index contributed by atoms with van der Waals surface area (Å²) in [6.07, 6.45) is 0. The largest absolute Gasteiger partial charge is 0.420 e. The summed E-state index contributed by atoms with van der Waals surface area (Å²) in [4.78, 5) is 5.28. The summed E-state index contributed by atoms with van der Waals surface area (Å²) < 4.78 is 11.4. The van der Waals surface area contributed by atoms with Gasteiger partial charge in [-0.05, 0) is 26.0 Å². The van der Waals surface area contributed by atoms with Crippen molar-refractivity contribution in [3.63, 3.8) is 0 Å². The summed E-state index contributed by atoms with van der Waals surface area (Å²) in [5.74, 6) is 1.95. The van der Waals surface area contributed by atoms with Gasteiger partial charge in [-0.15, -0.1) is 31.7 Å². The third-order valence-corrected chi connectivity index (χ3v) is 5.18. The molecular formula is C16H13N5O2S2. The van der Waals surface area contributed by atoms with E-state index in [0.717, 1.165) is 21.1 Å². The Hall–Kier alpha value is -2.52. The fraction of sp³-hybridized carbons (Fsp3) is 0.188. The molecule has 0 radical (unpaired) electrons. The molecule has 9 heteroatoms. The van der Waals surface area contributed by atoms with E-state index in [1.807, 2.05) is 44.2 Å². The van der Waals surface area contributed by atoms with Crippen molar-refractivity contribution >= 4 is 23.1 Å². The monoisotopic (exact) mass is 371 g/mol. The van der Waals surface area contributed by atoms with Crippen molar-refractivity contribution in [3.8, 4) is 22.2 Å². The van der Waals surface area contributed by atoms with Crippen molar-refractivity contribution < 1.29 is 8.83 Å². The molecule has 0 atom stereocenters. The lowest BCUT2D eigenvalue weighted by Crippen LogP contribution is -1.80. The van der Waals surface area contributed by atoms with Gasteiger partial charge in [0.1, 0.15) is 4.88 Å². The molecule has 0 spiro atoms. The van der Waals surface area contributed by atoms with E-state index in [9.17, 15) is 0 Å². The Labute approximate surface area is 151 Å². The Balaban J connectivity index is 1.44. The van der Waals surface area contributed by atoms with Gasteiger partial charge in [0.25, 0.3) is 11.1 Å². The second-order valence-electron chi connectivity index (χ2n) is 5.18. The number of hydrogen-bond acceptors (Lipinski definition) is 9. The maximum Gasteiger partial charge on any atom is 0.277 e. The third-order valence-electron chi connectivity index (χ3n) is 3.31. The lowest BCUT2D eigenvalue weighted by Gasteiger charge is -1.93. The average Bonchev–Trinajstić information content (AvgIpc) is 3.33. The summed E-state index contributed by atoms with van der Waals surface area (Å²) in [5.41, 5.74) is 1.79. The van der Waals surface area contributed by atoms with Gasteiger partial charge in [0.2, 0.25) is 11.8 Å². The van der Waals surface area contributed by atoms with Gasteiger partial charge < -0.3 is 8.83 Å². The number of hydrogen-bond donors (Lipinski definition) is 0. The molecule has 4 rings (SSSR count). The highest BCUT2D eigenvalue weighted by molar-refractivity contribution is 7.98. The van der Waals surface area contributed by atoms with Gasteiger partial charge in [0, 0.05) is 5.56 Å². The maximum absolute atomic E-state index is 5.70. The Morgan fingerprint density at radius 1 is 0.960 bits per heavy atom. The smallest absolute Gasteiger partial charge is 0.277 e. The van der Waals surface area contributed by atoms with Crippen molar-refractivity contribution in [3.05, 3.63) is 46.9 Å². The second-order valence-corrected chi connectivity index (χ2v) is 7.31. The van der Waals surface area contributed by atoms with Crippen LogP contribution in [-0.2, 0) is 5.75 Å².